The molecular weight excluding hydrogens is 421 g/mol. The van der Waals surface area contributed by atoms with Crippen LogP contribution in [0.25, 0.3) is 0 Å². The van der Waals surface area contributed by atoms with Crippen LogP contribution in [0.15, 0.2) is 121 Å². The lowest BCUT2D eigenvalue weighted by Crippen LogP contribution is -2.35. The van der Waals surface area contributed by atoms with E-state index in [2.05, 4.69) is 72.4 Å². The van der Waals surface area contributed by atoms with Gasteiger partial charge in [0.05, 0.1) is 0 Å². The number of fused-ring (bicyclic) bond motifs is 1. The van der Waals surface area contributed by atoms with E-state index < -0.39 is 7.29 Å². The van der Waals surface area contributed by atoms with Crippen LogP contribution in [0.4, 0.5) is 0 Å². The second kappa shape index (κ2) is 7.55. The van der Waals surface area contributed by atoms with Gasteiger partial charge in [0.2, 0.25) is 7.29 Å². The lowest BCUT2D eigenvalue weighted by molar-refractivity contribution is 0.303. The molecule has 0 aromatic heterocycles. The van der Waals surface area contributed by atoms with Crippen LogP contribution in [-0.2, 0) is 9.98 Å². The van der Waals surface area contributed by atoms with Gasteiger partial charge in [-0.05, 0) is 55.3 Å². The van der Waals surface area contributed by atoms with Crippen molar-refractivity contribution in [2.24, 2.45) is 5.41 Å². The lowest BCUT2D eigenvalue weighted by Gasteiger charge is -2.37. The quantitative estimate of drug-likeness (QED) is 0.308. The fraction of sp³-hybridized carbons (Fsp3) is 0.200. The van der Waals surface area contributed by atoms with Gasteiger partial charge in [-0.1, -0.05) is 97.1 Å². The summed E-state index contributed by atoms with van der Waals surface area (Å²) in [5.74, 6) is 0. The molecule has 1 unspecified atom stereocenters. The first kappa shape index (κ1) is 20.7. The van der Waals surface area contributed by atoms with Crippen LogP contribution in [-0.4, -0.2) is 11.7 Å². The van der Waals surface area contributed by atoms with Gasteiger partial charge >= 0.3 is 0 Å². The molecule has 164 valence electrons. The number of hydrogen-bond donors (Lipinski definition) is 0. The summed E-state index contributed by atoms with van der Waals surface area (Å²) in [7, 11) is -0.972. The summed E-state index contributed by atoms with van der Waals surface area (Å²) in [6.45, 7) is 0. The molecular formula is C30H28NOP. The van der Waals surface area contributed by atoms with Crippen molar-refractivity contribution in [1.29, 1.82) is 0 Å². The Morgan fingerprint density at radius 2 is 1.09 bits per heavy atom. The van der Waals surface area contributed by atoms with Crippen LogP contribution in [0.1, 0.15) is 30.0 Å². The van der Waals surface area contributed by atoms with Gasteiger partial charge in [-0.3, -0.25) is 4.57 Å². The molecule has 0 bridgehead atoms. The van der Waals surface area contributed by atoms with Gasteiger partial charge in [-0.15, -0.1) is 0 Å². The van der Waals surface area contributed by atoms with Gasteiger partial charge in [0.15, 0.2) is 0 Å². The summed E-state index contributed by atoms with van der Waals surface area (Å²) >= 11 is 0. The molecule has 3 heteroatoms. The molecule has 0 radical (unpaired) electrons. The molecule has 2 saturated carbocycles. The number of hydrogen-bond acceptors (Lipinski definition) is 1. The minimum atomic E-state index is -3.05. The van der Waals surface area contributed by atoms with Crippen molar-refractivity contribution in [3.63, 3.8) is 0 Å². The molecule has 1 atom stereocenters. The highest BCUT2D eigenvalue weighted by molar-refractivity contribution is 7.76. The maximum Gasteiger partial charge on any atom is 0.207 e. The van der Waals surface area contributed by atoms with Crippen LogP contribution in [0.5, 0.6) is 0 Å². The first-order chi connectivity index (χ1) is 16.1. The van der Waals surface area contributed by atoms with Gasteiger partial charge in [-0.2, -0.15) is 0 Å². The van der Waals surface area contributed by atoms with E-state index >= 15 is 4.57 Å². The second-order valence-corrected chi connectivity index (χ2v) is 12.4. The second-order valence-electron chi connectivity index (χ2n) is 9.59. The Balaban J connectivity index is 1.50. The molecule has 0 heterocycles. The molecule has 0 amide bonds. The van der Waals surface area contributed by atoms with Crippen LogP contribution < -0.4 is 10.6 Å². The van der Waals surface area contributed by atoms with E-state index in [1.54, 1.807) is 0 Å². The fourth-order valence-electron chi connectivity index (χ4n) is 6.10. The van der Waals surface area contributed by atoms with Crippen LogP contribution in [0, 0.1) is 5.41 Å². The highest BCUT2D eigenvalue weighted by Gasteiger charge is 2.86. The molecule has 6 rings (SSSR count). The lowest BCUT2D eigenvalue weighted by atomic mass is 9.96. The minimum absolute atomic E-state index is 0.0742. The van der Waals surface area contributed by atoms with Crippen molar-refractivity contribution in [3.8, 4) is 0 Å². The Morgan fingerprint density at radius 3 is 1.58 bits per heavy atom. The van der Waals surface area contributed by atoms with Crippen LogP contribution in [0.3, 0.4) is 0 Å². The summed E-state index contributed by atoms with van der Waals surface area (Å²) in [5, 5.41) is 1.78. The van der Waals surface area contributed by atoms with Crippen molar-refractivity contribution in [3.05, 3.63) is 132 Å². The van der Waals surface area contributed by atoms with Gasteiger partial charge in [0, 0.05) is 27.5 Å². The van der Waals surface area contributed by atoms with Gasteiger partial charge < -0.3 is 0 Å². The van der Waals surface area contributed by atoms with E-state index in [1.807, 2.05) is 60.7 Å². The number of rotatable bonds is 7. The SMILES string of the molecule is CN(C(c1ccccc1)C12CC1(c1ccccc1)C2)P(=O)(c1ccccc1)c1ccccc1. The summed E-state index contributed by atoms with van der Waals surface area (Å²) in [6.07, 6.45) is 2.30. The predicted octanol–water partition coefficient (Wildman–Crippen LogP) is 6.32. The van der Waals surface area contributed by atoms with Crippen molar-refractivity contribution in [2.45, 2.75) is 24.3 Å². The zero-order chi connectivity index (χ0) is 22.5. The average molecular weight is 450 g/mol. The molecule has 4 aromatic rings. The predicted molar refractivity (Wildman–Crippen MR) is 136 cm³/mol. The summed E-state index contributed by atoms with van der Waals surface area (Å²) in [4.78, 5) is 0. The van der Waals surface area contributed by atoms with Crippen LogP contribution in [0.2, 0.25) is 0 Å². The van der Waals surface area contributed by atoms with Crippen molar-refractivity contribution >= 4 is 17.9 Å². The van der Waals surface area contributed by atoms with E-state index in [-0.39, 0.29) is 16.9 Å². The molecule has 4 aromatic carbocycles. The zero-order valence-electron chi connectivity index (χ0n) is 18.8. The smallest absolute Gasteiger partial charge is 0.207 e. The third kappa shape index (κ3) is 3.01. The Bertz CT molecular complexity index is 1260. The molecule has 0 aliphatic heterocycles. The van der Waals surface area contributed by atoms with Crippen molar-refractivity contribution < 1.29 is 4.57 Å². The fourth-order valence-corrected chi connectivity index (χ4v) is 8.96. The third-order valence-corrected chi connectivity index (χ3v) is 11.0. The summed E-state index contributed by atoms with van der Waals surface area (Å²) in [6, 6.07) is 41.8. The van der Waals surface area contributed by atoms with Crippen LogP contribution >= 0.6 is 7.29 Å². The Morgan fingerprint density at radius 1 is 0.667 bits per heavy atom. The van der Waals surface area contributed by atoms with Gasteiger partial charge in [0.1, 0.15) is 0 Å². The molecule has 2 aliphatic rings. The Kier molecular flexibility index (Phi) is 4.73. The summed E-state index contributed by atoms with van der Waals surface area (Å²) < 4.78 is 17.4. The molecule has 0 saturated heterocycles. The first-order valence-corrected chi connectivity index (χ1v) is 13.3. The monoisotopic (exact) mass is 449 g/mol. The molecule has 2 aliphatic carbocycles. The highest BCUT2D eigenvalue weighted by Crippen LogP contribution is 2.91. The van der Waals surface area contributed by atoms with E-state index in [4.69, 9.17) is 0 Å². The first-order valence-electron chi connectivity index (χ1n) is 11.7. The highest BCUT2D eigenvalue weighted by atomic mass is 31.2. The standard InChI is InChI=1S/C30H28NOP/c1-31(33(32,26-18-10-4-11-19-26)27-20-12-5-13-21-27)28(24-14-6-2-7-15-24)30-22-29(30,23-30)25-16-8-3-9-17-25/h2-21,28H,22-23H2,1H3. The van der Waals surface area contributed by atoms with Crippen molar-refractivity contribution in [2.75, 3.05) is 7.05 Å². The minimum Gasteiger partial charge on any atom is -0.296 e. The number of benzene rings is 4. The zero-order valence-corrected chi connectivity index (χ0v) is 19.7. The topological polar surface area (TPSA) is 20.3 Å². The molecule has 33 heavy (non-hydrogen) atoms. The maximum absolute atomic E-state index is 15.2. The summed E-state index contributed by atoms with van der Waals surface area (Å²) in [5.41, 5.74) is 3.02. The van der Waals surface area contributed by atoms with E-state index in [0.29, 0.717) is 0 Å². The molecule has 0 N–H and O–H groups in total. The van der Waals surface area contributed by atoms with Gasteiger partial charge in [-0.25, -0.2) is 4.67 Å². The number of nitrogens with zero attached hydrogens (tertiary/aromatic N) is 1. The molecule has 2 nitrogen and oxygen atoms in total. The third-order valence-electron chi connectivity index (χ3n) is 7.93. The van der Waals surface area contributed by atoms with Gasteiger partial charge in [0.25, 0.3) is 0 Å². The molecule has 2 fully saturated rings. The Labute approximate surface area is 196 Å². The molecule has 0 spiro atoms. The normalized spacial score (nSPS) is 24.2. The van der Waals surface area contributed by atoms with E-state index in [1.165, 1.54) is 11.1 Å². The van der Waals surface area contributed by atoms with E-state index in [9.17, 15) is 0 Å². The average Bonchev–Trinajstić information content (AvgIpc) is 3.74. The maximum atomic E-state index is 15.2. The largest absolute Gasteiger partial charge is 0.296 e. The van der Waals surface area contributed by atoms with Crippen molar-refractivity contribution in [1.82, 2.24) is 4.67 Å². The van der Waals surface area contributed by atoms with E-state index in [0.717, 1.165) is 23.5 Å². The Hall–Kier alpha value is -2.93.